The van der Waals surface area contributed by atoms with Crippen LogP contribution in [0.4, 0.5) is 11.4 Å². The van der Waals surface area contributed by atoms with E-state index in [1.807, 2.05) is 0 Å². The highest BCUT2D eigenvalue weighted by atomic mass is 35.5. The van der Waals surface area contributed by atoms with Gasteiger partial charge in [0.1, 0.15) is 5.02 Å². The summed E-state index contributed by atoms with van der Waals surface area (Å²) >= 11 is 5.79. The van der Waals surface area contributed by atoms with E-state index in [1.165, 1.54) is 18.2 Å². The molecule has 1 aromatic rings. The molecule has 0 radical (unpaired) electrons. The largest absolute Gasteiger partial charge is 0.326 e. The summed E-state index contributed by atoms with van der Waals surface area (Å²) in [6, 6.07) is 4.17. The van der Waals surface area contributed by atoms with E-state index in [9.17, 15) is 14.9 Å². The van der Waals surface area contributed by atoms with Crippen LogP contribution in [0.2, 0.25) is 5.02 Å². The second kappa shape index (κ2) is 6.67. The second-order valence-corrected chi connectivity index (χ2v) is 5.28. The lowest BCUT2D eigenvalue weighted by Gasteiger charge is -2.09. The summed E-state index contributed by atoms with van der Waals surface area (Å²) in [6.07, 6.45) is 2.40. The molecule has 2 rings (SSSR count). The van der Waals surface area contributed by atoms with Gasteiger partial charge < -0.3 is 10.6 Å². The fourth-order valence-electron chi connectivity index (χ4n) is 2.25. The standard InChI is InChI=1S/C13H16ClN3O3/c14-11-7-10(2-3-12(11)17(19)20)16-13(18)4-1-9-5-6-15-8-9/h2-3,7,9,15H,1,4-6,8H2,(H,16,18). The lowest BCUT2D eigenvalue weighted by molar-refractivity contribution is -0.384. The van der Waals surface area contributed by atoms with Crippen LogP contribution in [0.5, 0.6) is 0 Å². The average molecular weight is 298 g/mol. The number of nitrogens with one attached hydrogen (secondary N) is 2. The zero-order chi connectivity index (χ0) is 14.5. The Bertz CT molecular complexity index is 516. The van der Waals surface area contributed by atoms with Gasteiger partial charge in [-0.25, -0.2) is 0 Å². The lowest BCUT2D eigenvalue weighted by atomic mass is 10.0. The highest BCUT2D eigenvalue weighted by molar-refractivity contribution is 6.33. The van der Waals surface area contributed by atoms with Crippen molar-refractivity contribution in [3.05, 3.63) is 33.3 Å². The zero-order valence-electron chi connectivity index (χ0n) is 10.9. The third kappa shape index (κ3) is 3.91. The number of carbonyl (C=O) groups is 1. The molecule has 1 unspecified atom stereocenters. The Hall–Kier alpha value is -1.66. The molecule has 6 nitrogen and oxygen atoms in total. The van der Waals surface area contributed by atoms with E-state index in [0.29, 0.717) is 18.0 Å². The number of hydrogen-bond donors (Lipinski definition) is 2. The molecule has 0 spiro atoms. The minimum atomic E-state index is -0.555. The van der Waals surface area contributed by atoms with Crippen molar-refractivity contribution in [1.82, 2.24) is 5.32 Å². The first-order valence-electron chi connectivity index (χ1n) is 6.51. The number of hydrogen-bond acceptors (Lipinski definition) is 4. The lowest BCUT2D eigenvalue weighted by Crippen LogP contribution is -2.15. The molecule has 20 heavy (non-hydrogen) atoms. The molecule has 108 valence electrons. The van der Waals surface area contributed by atoms with Crippen LogP contribution >= 0.6 is 11.6 Å². The van der Waals surface area contributed by atoms with Gasteiger partial charge in [0.15, 0.2) is 0 Å². The summed E-state index contributed by atoms with van der Waals surface area (Å²) in [5.74, 6) is 0.461. The van der Waals surface area contributed by atoms with E-state index in [1.54, 1.807) is 0 Å². The maximum Gasteiger partial charge on any atom is 0.288 e. The maximum atomic E-state index is 11.8. The third-order valence-electron chi connectivity index (χ3n) is 3.37. The van der Waals surface area contributed by atoms with Crippen molar-refractivity contribution in [2.45, 2.75) is 19.3 Å². The Morgan fingerprint density at radius 3 is 2.95 bits per heavy atom. The number of benzene rings is 1. The van der Waals surface area contributed by atoms with Gasteiger partial charge in [-0.3, -0.25) is 14.9 Å². The number of nitro groups is 1. The molecule has 1 aliphatic heterocycles. The number of nitrogens with zero attached hydrogens (tertiary/aromatic N) is 1. The summed E-state index contributed by atoms with van der Waals surface area (Å²) in [7, 11) is 0. The Kier molecular flexibility index (Phi) is 4.92. The molecule has 1 fully saturated rings. The molecule has 1 aliphatic rings. The maximum absolute atomic E-state index is 11.8. The Morgan fingerprint density at radius 1 is 1.55 bits per heavy atom. The van der Waals surface area contributed by atoms with Crippen LogP contribution in [0.25, 0.3) is 0 Å². The van der Waals surface area contributed by atoms with Gasteiger partial charge in [-0.2, -0.15) is 0 Å². The summed E-state index contributed by atoms with van der Waals surface area (Å²) < 4.78 is 0. The van der Waals surface area contributed by atoms with Crippen LogP contribution in [0.1, 0.15) is 19.3 Å². The van der Waals surface area contributed by atoms with Gasteiger partial charge in [-0.1, -0.05) is 11.6 Å². The molecular formula is C13H16ClN3O3. The first kappa shape index (κ1) is 14.7. The average Bonchev–Trinajstić information content (AvgIpc) is 2.89. The number of nitro benzene ring substituents is 1. The van der Waals surface area contributed by atoms with Gasteiger partial charge in [0, 0.05) is 18.2 Å². The van der Waals surface area contributed by atoms with Crippen molar-refractivity contribution in [2.24, 2.45) is 5.92 Å². The van der Waals surface area contributed by atoms with Crippen molar-refractivity contribution < 1.29 is 9.72 Å². The zero-order valence-corrected chi connectivity index (χ0v) is 11.7. The van der Waals surface area contributed by atoms with Crippen LogP contribution in [-0.2, 0) is 4.79 Å². The van der Waals surface area contributed by atoms with Crippen LogP contribution in [0, 0.1) is 16.0 Å². The fourth-order valence-corrected chi connectivity index (χ4v) is 2.50. The molecule has 1 atom stereocenters. The molecule has 0 aliphatic carbocycles. The fraction of sp³-hybridized carbons (Fsp3) is 0.462. The molecular weight excluding hydrogens is 282 g/mol. The monoisotopic (exact) mass is 297 g/mol. The molecule has 0 saturated carbocycles. The van der Waals surface area contributed by atoms with E-state index in [-0.39, 0.29) is 16.6 Å². The van der Waals surface area contributed by atoms with Crippen molar-refractivity contribution >= 4 is 28.9 Å². The smallest absolute Gasteiger partial charge is 0.288 e. The molecule has 1 heterocycles. The van der Waals surface area contributed by atoms with E-state index < -0.39 is 4.92 Å². The Morgan fingerprint density at radius 2 is 2.35 bits per heavy atom. The summed E-state index contributed by atoms with van der Waals surface area (Å²) in [5, 5.41) is 16.6. The molecule has 1 amide bonds. The minimum absolute atomic E-state index is 0.0211. The van der Waals surface area contributed by atoms with Crippen LogP contribution in [-0.4, -0.2) is 23.9 Å². The number of anilines is 1. The molecule has 7 heteroatoms. The van der Waals surface area contributed by atoms with Crippen LogP contribution in [0.3, 0.4) is 0 Å². The van der Waals surface area contributed by atoms with Crippen molar-refractivity contribution in [3.8, 4) is 0 Å². The first-order chi connectivity index (χ1) is 9.56. The van der Waals surface area contributed by atoms with E-state index in [4.69, 9.17) is 11.6 Å². The van der Waals surface area contributed by atoms with Gasteiger partial charge in [0.05, 0.1) is 4.92 Å². The van der Waals surface area contributed by atoms with E-state index >= 15 is 0 Å². The molecule has 0 bridgehead atoms. The minimum Gasteiger partial charge on any atom is -0.326 e. The number of carbonyl (C=O) groups excluding carboxylic acids is 1. The summed E-state index contributed by atoms with van der Waals surface area (Å²) in [4.78, 5) is 21.9. The SMILES string of the molecule is O=C(CCC1CCNC1)Nc1ccc([N+](=O)[O-])c(Cl)c1. The first-order valence-corrected chi connectivity index (χ1v) is 6.88. The molecule has 1 saturated heterocycles. The van der Waals surface area contributed by atoms with Crippen molar-refractivity contribution in [3.63, 3.8) is 0 Å². The Balaban J connectivity index is 1.87. The normalized spacial score (nSPS) is 17.9. The molecule has 0 aromatic heterocycles. The van der Waals surface area contributed by atoms with Gasteiger partial charge in [0.25, 0.3) is 5.69 Å². The predicted molar refractivity (Wildman–Crippen MR) is 76.9 cm³/mol. The number of rotatable bonds is 5. The van der Waals surface area contributed by atoms with Crippen molar-refractivity contribution in [1.29, 1.82) is 0 Å². The number of amides is 1. The Labute approximate surface area is 121 Å². The van der Waals surface area contributed by atoms with E-state index in [0.717, 1.165) is 25.9 Å². The number of halogens is 1. The van der Waals surface area contributed by atoms with E-state index in [2.05, 4.69) is 10.6 Å². The van der Waals surface area contributed by atoms with Gasteiger partial charge >= 0.3 is 0 Å². The van der Waals surface area contributed by atoms with Gasteiger partial charge in [0.2, 0.25) is 5.91 Å². The predicted octanol–water partition coefficient (Wildman–Crippen LogP) is 2.58. The molecule has 2 N–H and O–H groups in total. The second-order valence-electron chi connectivity index (χ2n) is 4.87. The van der Waals surface area contributed by atoms with Crippen molar-refractivity contribution in [2.75, 3.05) is 18.4 Å². The van der Waals surface area contributed by atoms with Gasteiger partial charge in [-0.15, -0.1) is 0 Å². The van der Waals surface area contributed by atoms with Gasteiger partial charge in [-0.05, 0) is 44.0 Å². The third-order valence-corrected chi connectivity index (χ3v) is 3.67. The highest BCUT2D eigenvalue weighted by Crippen LogP contribution is 2.27. The summed E-state index contributed by atoms with van der Waals surface area (Å²) in [5.41, 5.74) is 0.317. The molecule has 1 aromatic carbocycles. The quantitative estimate of drug-likeness (QED) is 0.646. The highest BCUT2D eigenvalue weighted by Gasteiger charge is 2.16. The topological polar surface area (TPSA) is 84.3 Å². The van der Waals surface area contributed by atoms with Crippen LogP contribution < -0.4 is 10.6 Å². The van der Waals surface area contributed by atoms with Crippen LogP contribution in [0.15, 0.2) is 18.2 Å². The summed E-state index contributed by atoms with van der Waals surface area (Å²) in [6.45, 7) is 1.99.